The number of aromatic nitrogens is 3. The number of ether oxygens (including phenoxy) is 1. The largest absolute Gasteiger partial charge is 0.451 e. The molecule has 0 saturated carbocycles. The van der Waals surface area contributed by atoms with Crippen LogP contribution in [-0.2, 0) is 4.74 Å². The van der Waals surface area contributed by atoms with Gasteiger partial charge in [0, 0.05) is 18.1 Å². The number of para-hydroxylation sites is 1. The molecule has 4 rings (SSSR count). The van der Waals surface area contributed by atoms with Crippen LogP contribution in [0.3, 0.4) is 0 Å². The van der Waals surface area contributed by atoms with Crippen molar-refractivity contribution in [1.82, 2.24) is 14.5 Å². The van der Waals surface area contributed by atoms with E-state index < -0.39 is 12.1 Å². The molecule has 2 heterocycles. The summed E-state index contributed by atoms with van der Waals surface area (Å²) in [6, 6.07) is 18.0. The molecule has 6 nitrogen and oxygen atoms in total. The van der Waals surface area contributed by atoms with Crippen molar-refractivity contribution in [3.63, 3.8) is 0 Å². The molecule has 0 fully saturated rings. The second-order valence-corrected chi connectivity index (χ2v) is 6.15. The van der Waals surface area contributed by atoms with Gasteiger partial charge in [0.15, 0.2) is 11.9 Å². The molecule has 2 aromatic heterocycles. The Kier molecular flexibility index (Phi) is 4.30. The van der Waals surface area contributed by atoms with Gasteiger partial charge in [-0.1, -0.05) is 12.1 Å². The molecule has 2 aromatic carbocycles. The van der Waals surface area contributed by atoms with Crippen LogP contribution in [-0.4, -0.2) is 20.5 Å². The van der Waals surface area contributed by atoms with Gasteiger partial charge in [-0.25, -0.2) is 9.78 Å². The molecule has 0 spiro atoms. The zero-order chi connectivity index (χ0) is 18.8. The highest BCUT2D eigenvalue weighted by Crippen LogP contribution is 2.17. The van der Waals surface area contributed by atoms with Gasteiger partial charge in [0.25, 0.3) is 5.56 Å². The van der Waals surface area contributed by atoms with E-state index in [0.29, 0.717) is 22.3 Å². The first-order valence-electron chi connectivity index (χ1n) is 8.55. The van der Waals surface area contributed by atoms with Crippen molar-refractivity contribution in [2.75, 3.05) is 0 Å². The average Bonchev–Trinajstić information content (AvgIpc) is 3.23. The van der Waals surface area contributed by atoms with Crippen LogP contribution in [0.25, 0.3) is 16.6 Å². The van der Waals surface area contributed by atoms with Crippen LogP contribution >= 0.6 is 0 Å². The maximum absolute atomic E-state index is 12.4. The van der Waals surface area contributed by atoms with E-state index in [1.807, 2.05) is 47.3 Å². The summed E-state index contributed by atoms with van der Waals surface area (Å²) in [5.41, 5.74) is 1.69. The lowest BCUT2D eigenvalue weighted by Gasteiger charge is -2.13. The minimum atomic E-state index is -0.682. The number of nitrogens with one attached hydrogen (secondary N) is 1. The first kappa shape index (κ1) is 16.8. The lowest BCUT2D eigenvalue weighted by atomic mass is 10.2. The number of fused-ring (bicyclic) bond motifs is 1. The predicted molar refractivity (Wildman–Crippen MR) is 102 cm³/mol. The van der Waals surface area contributed by atoms with Gasteiger partial charge in [0.2, 0.25) is 0 Å². The van der Waals surface area contributed by atoms with Crippen LogP contribution in [0.2, 0.25) is 0 Å². The minimum absolute atomic E-state index is 0.255. The number of nitrogens with zero attached hydrogens (tertiary/aromatic N) is 2. The van der Waals surface area contributed by atoms with Crippen molar-refractivity contribution >= 4 is 16.9 Å². The molecule has 1 N–H and O–H groups in total. The van der Waals surface area contributed by atoms with Gasteiger partial charge < -0.3 is 14.3 Å². The maximum Gasteiger partial charge on any atom is 0.338 e. The van der Waals surface area contributed by atoms with Crippen molar-refractivity contribution in [1.29, 1.82) is 0 Å². The molecule has 27 heavy (non-hydrogen) atoms. The number of hydrogen-bond donors (Lipinski definition) is 1. The van der Waals surface area contributed by atoms with Gasteiger partial charge in [-0.05, 0) is 55.5 Å². The summed E-state index contributed by atoms with van der Waals surface area (Å²) in [5, 5.41) is 0.500. The molecular formula is C21H17N3O3. The van der Waals surface area contributed by atoms with Crippen LogP contribution in [0.1, 0.15) is 29.2 Å². The number of carbonyl (C=O) groups is 1. The molecule has 0 amide bonds. The molecule has 0 bridgehead atoms. The van der Waals surface area contributed by atoms with Gasteiger partial charge in [-0.3, -0.25) is 4.79 Å². The summed E-state index contributed by atoms with van der Waals surface area (Å²) in [7, 11) is 0. The summed E-state index contributed by atoms with van der Waals surface area (Å²) < 4.78 is 7.42. The van der Waals surface area contributed by atoms with Gasteiger partial charge >= 0.3 is 5.97 Å². The van der Waals surface area contributed by atoms with Crippen LogP contribution < -0.4 is 5.56 Å². The van der Waals surface area contributed by atoms with Crippen LogP contribution in [0.15, 0.2) is 77.9 Å². The third-order valence-corrected chi connectivity index (χ3v) is 4.31. The summed E-state index contributed by atoms with van der Waals surface area (Å²) in [6.45, 7) is 1.68. The Hall–Kier alpha value is -3.67. The van der Waals surface area contributed by atoms with E-state index in [1.54, 1.807) is 37.3 Å². The maximum atomic E-state index is 12.4. The van der Waals surface area contributed by atoms with Crippen molar-refractivity contribution in [2.45, 2.75) is 13.0 Å². The predicted octanol–water partition coefficient (Wildman–Crippen LogP) is 3.63. The molecule has 134 valence electrons. The molecule has 1 atom stereocenters. The van der Waals surface area contributed by atoms with Gasteiger partial charge in [-0.2, -0.15) is 0 Å². The van der Waals surface area contributed by atoms with Crippen molar-refractivity contribution in [2.24, 2.45) is 0 Å². The molecule has 0 aliphatic carbocycles. The third-order valence-electron chi connectivity index (χ3n) is 4.31. The lowest BCUT2D eigenvalue weighted by Crippen LogP contribution is -2.17. The quantitative estimate of drug-likeness (QED) is 0.565. The molecular weight excluding hydrogens is 342 g/mol. The number of H-pyrrole nitrogens is 1. The number of rotatable bonds is 4. The summed E-state index contributed by atoms with van der Waals surface area (Å²) in [6.07, 6.45) is 3.17. The number of aromatic amines is 1. The SMILES string of the molecule is C[C@@H](OC(=O)c1ccc(-n2cccc2)cc1)c1nc2ccccc2c(=O)[nH]1. The van der Waals surface area contributed by atoms with Crippen molar-refractivity contribution < 1.29 is 9.53 Å². The first-order valence-corrected chi connectivity index (χ1v) is 8.55. The van der Waals surface area contributed by atoms with Crippen LogP contribution in [0.4, 0.5) is 0 Å². The highest BCUT2D eigenvalue weighted by atomic mass is 16.5. The summed E-state index contributed by atoms with van der Waals surface area (Å²) in [5.74, 6) is -0.159. The second kappa shape index (κ2) is 6.92. The molecule has 6 heteroatoms. The molecule has 0 radical (unpaired) electrons. The Balaban J connectivity index is 1.53. The van der Waals surface area contributed by atoms with Crippen LogP contribution in [0.5, 0.6) is 0 Å². The van der Waals surface area contributed by atoms with Gasteiger partial charge in [0.1, 0.15) is 0 Å². The second-order valence-electron chi connectivity index (χ2n) is 6.15. The fraction of sp³-hybridized carbons (Fsp3) is 0.0952. The number of hydrogen-bond acceptors (Lipinski definition) is 4. The fourth-order valence-corrected chi connectivity index (χ4v) is 2.86. The topological polar surface area (TPSA) is 77.0 Å². The Morgan fingerprint density at radius 2 is 1.74 bits per heavy atom. The first-order chi connectivity index (χ1) is 13.1. The normalized spacial score (nSPS) is 12.0. The van der Waals surface area contributed by atoms with Gasteiger partial charge in [0.05, 0.1) is 16.5 Å². The van der Waals surface area contributed by atoms with E-state index in [2.05, 4.69) is 9.97 Å². The Morgan fingerprint density at radius 1 is 1.04 bits per heavy atom. The van der Waals surface area contributed by atoms with E-state index in [0.717, 1.165) is 5.69 Å². The number of benzene rings is 2. The Labute approximate surface area is 155 Å². The van der Waals surface area contributed by atoms with E-state index in [9.17, 15) is 9.59 Å². The van der Waals surface area contributed by atoms with E-state index in [-0.39, 0.29) is 5.56 Å². The standard InChI is InChI=1S/C21H17N3O3/c1-14(19-22-18-7-3-2-6-17(18)20(25)23-19)27-21(26)15-8-10-16(11-9-15)24-12-4-5-13-24/h2-14H,1H3,(H,22,23,25)/t14-/m1/s1. The van der Waals surface area contributed by atoms with Crippen molar-refractivity contribution in [3.05, 3.63) is 94.8 Å². The molecule has 0 aliphatic rings. The monoisotopic (exact) mass is 359 g/mol. The van der Waals surface area contributed by atoms with Crippen LogP contribution in [0, 0.1) is 0 Å². The molecule has 0 aliphatic heterocycles. The fourth-order valence-electron chi connectivity index (χ4n) is 2.86. The molecule has 0 saturated heterocycles. The highest BCUT2D eigenvalue weighted by molar-refractivity contribution is 5.89. The zero-order valence-corrected chi connectivity index (χ0v) is 14.6. The smallest absolute Gasteiger partial charge is 0.338 e. The van der Waals surface area contributed by atoms with E-state index in [1.165, 1.54) is 0 Å². The zero-order valence-electron chi connectivity index (χ0n) is 14.6. The number of esters is 1. The van der Waals surface area contributed by atoms with E-state index in [4.69, 9.17) is 4.74 Å². The Morgan fingerprint density at radius 3 is 2.48 bits per heavy atom. The third kappa shape index (κ3) is 3.37. The average molecular weight is 359 g/mol. The summed E-state index contributed by atoms with van der Waals surface area (Å²) in [4.78, 5) is 31.7. The highest BCUT2D eigenvalue weighted by Gasteiger charge is 2.17. The Bertz CT molecular complexity index is 1150. The minimum Gasteiger partial charge on any atom is -0.451 e. The summed E-state index contributed by atoms with van der Waals surface area (Å²) >= 11 is 0. The molecule has 4 aromatic rings. The van der Waals surface area contributed by atoms with Crippen molar-refractivity contribution in [3.8, 4) is 5.69 Å². The van der Waals surface area contributed by atoms with Gasteiger partial charge in [-0.15, -0.1) is 0 Å². The molecule has 0 unspecified atom stereocenters. The number of carbonyl (C=O) groups excluding carboxylic acids is 1. The lowest BCUT2D eigenvalue weighted by molar-refractivity contribution is 0.0320. The van der Waals surface area contributed by atoms with E-state index >= 15 is 0 Å².